The first kappa shape index (κ1) is 29.2. The fourth-order valence-electron chi connectivity index (χ4n) is 4.08. The van der Waals surface area contributed by atoms with Crippen LogP contribution in [0.5, 0.6) is 11.5 Å². The third-order valence-corrected chi connectivity index (χ3v) is 7.06. The van der Waals surface area contributed by atoms with E-state index in [1.54, 1.807) is 0 Å². The topological polar surface area (TPSA) is 55.8 Å². The van der Waals surface area contributed by atoms with Crippen LogP contribution in [0.4, 0.5) is 0 Å². The Morgan fingerprint density at radius 3 is 1.12 bits per heavy atom. The molecular formula is C28H41AgO4P. The Kier molecular flexibility index (Phi) is 7.57. The first-order valence-electron chi connectivity index (χ1n) is 11.7. The summed E-state index contributed by atoms with van der Waals surface area (Å²) in [5.41, 5.74) is 4.89. The number of phosphoric ester groups is 1. The molecule has 1 aliphatic rings. The summed E-state index contributed by atoms with van der Waals surface area (Å²) in [6.45, 7) is 25.7. The summed E-state index contributed by atoms with van der Waals surface area (Å²) in [4.78, 5) is 10.8. The van der Waals surface area contributed by atoms with Crippen LogP contribution in [-0.4, -0.2) is 4.89 Å². The third-order valence-electron chi connectivity index (χ3n) is 6.23. The molecule has 34 heavy (non-hydrogen) atoms. The average Bonchev–Trinajstić information content (AvgIpc) is 2.68. The van der Waals surface area contributed by atoms with Crippen LogP contribution in [0.2, 0.25) is 0 Å². The molecule has 6 heteroatoms. The monoisotopic (exact) mass is 579 g/mol. The van der Waals surface area contributed by atoms with Gasteiger partial charge >= 0.3 is 7.82 Å². The molecule has 1 radical (unpaired) electrons. The number of phosphoric acid groups is 1. The smallest absolute Gasteiger partial charge is 0.394 e. The predicted molar refractivity (Wildman–Crippen MR) is 138 cm³/mol. The van der Waals surface area contributed by atoms with Crippen LogP contribution in [0.25, 0.3) is 11.1 Å². The minimum absolute atomic E-state index is 0. The van der Waals surface area contributed by atoms with Crippen molar-refractivity contribution in [1.29, 1.82) is 0 Å². The van der Waals surface area contributed by atoms with Gasteiger partial charge in [-0.25, -0.2) is 4.57 Å². The third kappa shape index (κ3) is 5.85. The first-order valence-corrected chi connectivity index (χ1v) is 13.2. The molecule has 193 valence electrons. The molecule has 0 amide bonds. The van der Waals surface area contributed by atoms with Gasteiger partial charge in [0.15, 0.2) is 0 Å². The van der Waals surface area contributed by atoms with Crippen LogP contribution >= 0.6 is 7.82 Å². The molecule has 0 bridgehead atoms. The molecule has 0 unspecified atom stereocenters. The van der Waals surface area contributed by atoms with Crippen molar-refractivity contribution in [2.24, 2.45) is 0 Å². The number of rotatable bonds is 0. The quantitative estimate of drug-likeness (QED) is 0.251. The second kappa shape index (κ2) is 8.82. The van der Waals surface area contributed by atoms with Gasteiger partial charge in [-0.1, -0.05) is 95.2 Å². The van der Waals surface area contributed by atoms with Gasteiger partial charge < -0.3 is 9.05 Å². The van der Waals surface area contributed by atoms with E-state index in [1.165, 1.54) is 0 Å². The van der Waals surface area contributed by atoms with E-state index in [0.29, 0.717) is 11.5 Å². The zero-order chi connectivity index (χ0) is 25.4. The van der Waals surface area contributed by atoms with Crippen molar-refractivity contribution >= 4 is 7.82 Å². The van der Waals surface area contributed by atoms with E-state index in [-0.39, 0.29) is 44.0 Å². The second-order valence-corrected chi connectivity index (χ2v) is 14.8. The van der Waals surface area contributed by atoms with Gasteiger partial charge in [-0.15, -0.1) is 0 Å². The summed E-state index contributed by atoms with van der Waals surface area (Å²) < 4.78 is 24.9. The molecule has 0 aromatic heterocycles. The molecule has 1 heterocycles. The van der Waals surface area contributed by atoms with Crippen LogP contribution in [0.1, 0.15) is 105 Å². The zero-order valence-electron chi connectivity index (χ0n) is 22.7. The molecule has 1 aliphatic heterocycles. The van der Waals surface area contributed by atoms with Crippen molar-refractivity contribution in [2.45, 2.75) is 105 Å². The second-order valence-electron chi connectivity index (χ2n) is 13.5. The number of benzene rings is 2. The zero-order valence-corrected chi connectivity index (χ0v) is 25.1. The standard InChI is InChI=1S/C28H41O4P.Ag/c1-25(2,3)17-13-19-20-14-18(26(4,5)6)16-22(28(10,11)12)24(20)32-33(29,30)31-23(19)21(15-17)27(7,8)9;/h13-16H,1-12H3,(H,29,30);. The molecule has 2 aromatic carbocycles. The molecule has 1 N–H and O–H groups in total. The van der Waals surface area contributed by atoms with Crippen molar-refractivity contribution in [3.8, 4) is 22.6 Å². The molecule has 0 aliphatic carbocycles. The van der Waals surface area contributed by atoms with Crippen molar-refractivity contribution in [1.82, 2.24) is 0 Å². The fourth-order valence-corrected chi connectivity index (χ4v) is 4.98. The van der Waals surface area contributed by atoms with Gasteiger partial charge in [0.1, 0.15) is 11.5 Å². The Labute approximate surface area is 222 Å². The summed E-state index contributed by atoms with van der Waals surface area (Å²) in [5, 5.41) is 0. The van der Waals surface area contributed by atoms with Crippen LogP contribution in [0.15, 0.2) is 24.3 Å². The maximum atomic E-state index is 13.2. The maximum absolute atomic E-state index is 13.2. The van der Waals surface area contributed by atoms with E-state index in [4.69, 9.17) is 9.05 Å². The van der Waals surface area contributed by atoms with Gasteiger partial charge in [0, 0.05) is 44.6 Å². The number of hydrogen-bond acceptors (Lipinski definition) is 3. The average molecular weight is 580 g/mol. The van der Waals surface area contributed by atoms with Gasteiger partial charge in [0.05, 0.1) is 0 Å². The molecule has 3 rings (SSSR count). The molecule has 0 fully saturated rings. The van der Waals surface area contributed by atoms with E-state index in [1.807, 2.05) is 0 Å². The summed E-state index contributed by atoms with van der Waals surface area (Å²) in [7, 11) is -4.40. The number of hydrogen-bond donors (Lipinski definition) is 1. The number of fused-ring (bicyclic) bond motifs is 3. The molecular weight excluding hydrogens is 539 g/mol. The molecule has 0 spiro atoms. The van der Waals surface area contributed by atoms with Crippen molar-refractivity contribution in [2.75, 3.05) is 0 Å². The molecule has 2 aromatic rings. The van der Waals surface area contributed by atoms with E-state index >= 15 is 0 Å². The van der Waals surface area contributed by atoms with Gasteiger partial charge in [-0.2, -0.15) is 0 Å². The van der Waals surface area contributed by atoms with Gasteiger partial charge in [-0.05, 0) is 44.9 Å². The maximum Gasteiger partial charge on any atom is 0.584 e. The predicted octanol–water partition coefficient (Wildman–Crippen LogP) is 8.41. The van der Waals surface area contributed by atoms with Crippen LogP contribution in [-0.2, 0) is 48.6 Å². The van der Waals surface area contributed by atoms with Crippen molar-refractivity contribution < 1.29 is 40.9 Å². The Morgan fingerprint density at radius 2 is 0.882 bits per heavy atom. The van der Waals surface area contributed by atoms with Gasteiger partial charge in [0.2, 0.25) is 0 Å². The van der Waals surface area contributed by atoms with E-state index in [0.717, 1.165) is 33.4 Å². The molecule has 0 atom stereocenters. The minimum atomic E-state index is -4.40. The molecule has 0 saturated carbocycles. The van der Waals surface area contributed by atoms with E-state index < -0.39 is 7.82 Å². The van der Waals surface area contributed by atoms with E-state index in [2.05, 4.69) is 107 Å². The molecule has 4 nitrogen and oxygen atoms in total. The summed E-state index contributed by atoms with van der Waals surface area (Å²) in [5.74, 6) is 0.872. The van der Waals surface area contributed by atoms with Gasteiger partial charge in [0.25, 0.3) is 0 Å². The van der Waals surface area contributed by atoms with Crippen LogP contribution in [0.3, 0.4) is 0 Å². The van der Waals surface area contributed by atoms with Crippen LogP contribution in [0, 0.1) is 0 Å². The SMILES string of the molecule is CC(C)(C)c1cc2c(c(C(C)(C)C)c1)OP(=O)(O)Oc1c-2cc(C(C)(C)C)cc1C(C)(C)C.[Ag]. The van der Waals surface area contributed by atoms with Crippen LogP contribution < -0.4 is 9.05 Å². The van der Waals surface area contributed by atoms with E-state index in [9.17, 15) is 9.46 Å². The Hall–Kier alpha value is -1.03. The molecule has 0 saturated heterocycles. The fraction of sp³-hybridized carbons (Fsp3) is 0.571. The minimum Gasteiger partial charge on any atom is -0.394 e. The summed E-state index contributed by atoms with van der Waals surface area (Å²) >= 11 is 0. The van der Waals surface area contributed by atoms with Crippen molar-refractivity contribution in [3.05, 3.63) is 46.5 Å². The Balaban J connectivity index is 0.00000408. The largest absolute Gasteiger partial charge is 0.584 e. The summed E-state index contributed by atoms with van der Waals surface area (Å²) in [6, 6.07) is 8.44. The van der Waals surface area contributed by atoms with Crippen molar-refractivity contribution in [3.63, 3.8) is 0 Å². The normalized spacial score (nSPS) is 15.8. The summed E-state index contributed by atoms with van der Waals surface area (Å²) in [6.07, 6.45) is 0. The van der Waals surface area contributed by atoms with Gasteiger partial charge in [-0.3, -0.25) is 4.89 Å². The Morgan fingerprint density at radius 1 is 0.588 bits per heavy atom. The first-order chi connectivity index (χ1) is 14.6. The Bertz CT molecular complexity index is 1050.